The minimum atomic E-state index is -3.35. The van der Waals surface area contributed by atoms with Crippen LogP contribution in [0.4, 0.5) is 0 Å². The normalized spacial score (nSPS) is 26.9. The maximum absolute atomic E-state index is 13.0. The van der Waals surface area contributed by atoms with E-state index in [-0.39, 0.29) is 12.0 Å². The maximum atomic E-state index is 13.0. The van der Waals surface area contributed by atoms with Gasteiger partial charge in [0.1, 0.15) is 6.04 Å². The van der Waals surface area contributed by atoms with Gasteiger partial charge in [-0.15, -0.1) is 0 Å². The summed E-state index contributed by atoms with van der Waals surface area (Å²) in [6, 6.07) is -0.533. The van der Waals surface area contributed by atoms with Gasteiger partial charge in [-0.25, -0.2) is 8.42 Å². The molecule has 0 unspecified atom stereocenters. The van der Waals surface area contributed by atoms with Crippen LogP contribution >= 0.6 is 0 Å². The molecule has 0 spiro atoms. The fourth-order valence-electron chi connectivity index (χ4n) is 3.52. The van der Waals surface area contributed by atoms with Gasteiger partial charge in [-0.3, -0.25) is 4.79 Å². The summed E-state index contributed by atoms with van der Waals surface area (Å²) in [6.45, 7) is 4.50. The van der Waals surface area contributed by atoms with Crippen LogP contribution in [0.5, 0.6) is 0 Å². The number of amides is 1. The number of nitrogens with zero attached hydrogens (tertiary/aromatic N) is 2. The molecule has 0 aliphatic carbocycles. The fourth-order valence-corrected chi connectivity index (χ4v) is 4.64. The maximum Gasteiger partial charge on any atom is 0.241 e. The molecule has 6 nitrogen and oxygen atoms in total. The monoisotopic (exact) mass is 346 g/mol. The van der Waals surface area contributed by atoms with Gasteiger partial charge in [0.25, 0.3) is 0 Å². The minimum absolute atomic E-state index is 0.0499. The Morgan fingerprint density at radius 3 is 2.57 bits per heavy atom. The Kier molecular flexibility index (Phi) is 6.85. The molecule has 7 heteroatoms. The third-order valence-corrected chi connectivity index (χ3v) is 5.96. The summed E-state index contributed by atoms with van der Waals surface area (Å²) in [5, 5.41) is 0. The predicted molar refractivity (Wildman–Crippen MR) is 89.7 cm³/mol. The van der Waals surface area contributed by atoms with E-state index in [9.17, 15) is 13.2 Å². The molecule has 2 saturated heterocycles. The van der Waals surface area contributed by atoms with E-state index in [0.717, 1.165) is 45.1 Å². The molecule has 2 fully saturated rings. The lowest BCUT2D eigenvalue weighted by atomic mass is 10.0. The van der Waals surface area contributed by atoms with Gasteiger partial charge in [0.15, 0.2) is 0 Å². The third-order valence-electron chi connectivity index (χ3n) is 4.67. The molecule has 2 aliphatic rings. The summed E-state index contributed by atoms with van der Waals surface area (Å²) in [5.41, 5.74) is 0. The number of hydrogen-bond donors (Lipinski definition) is 0. The number of hydrogen-bond acceptors (Lipinski definition) is 4. The van der Waals surface area contributed by atoms with Crippen molar-refractivity contribution in [2.75, 3.05) is 32.5 Å². The molecule has 0 aromatic heterocycles. The predicted octanol–water partition coefficient (Wildman–Crippen LogP) is 1.61. The van der Waals surface area contributed by atoms with Crippen LogP contribution in [0.15, 0.2) is 0 Å². The van der Waals surface area contributed by atoms with E-state index < -0.39 is 16.1 Å². The SMILES string of the molecule is CCCN(C[C@@H]1CCCCO1)C(=O)[C@H]1CCCCN1S(C)(=O)=O. The van der Waals surface area contributed by atoms with E-state index in [1.54, 1.807) is 0 Å². The number of sulfonamides is 1. The molecular formula is C16H30N2O4S. The van der Waals surface area contributed by atoms with Crippen molar-refractivity contribution in [3.63, 3.8) is 0 Å². The zero-order chi connectivity index (χ0) is 16.9. The van der Waals surface area contributed by atoms with E-state index in [1.165, 1.54) is 10.6 Å². The Hall–Kier alpha value is -0.660. The molecule has 0 N–H and O–H groups in total. The third kappa shape index (κ3) is 5.16. The van der Waals surface area contributed by atoms with Crippen molar-refractivity contribution in [1.29, 1.82) is 0 Å². The lowest BCUT2D eigenvalue weighted by Gasteiger charge is -2.37. The summed E-state index contributed by atoms with van der Waals surface area (Å²) in [5.74, 6) is -0.0499. The average Bonchev–Trinajstić information content (AvgIpc) is 2.54. The summed E-state index contributed by atoms with van der Waals surface area (Å²) in [4.78, 5) is 14.8. The highest BCUT2D eigenvalue weighted by Crippen LogP contribution is 2.23. The number of piperidine rings is 1. The highest BCUT2D eigenvalue weighted by Gasteiger charge is 2.37. The number of carbonyl (C=O) groups excluding carboxylic acids is 1. The second-order valence-corrected chi connectivity index (χ2v) is 8.59. The van der Waals surface area contributed by atoms with Gasteiger partial charge in [0.2, 0.25) is 15.9 Å². The number of carbonyl (C=O) groups is 1. The molecule has 2 atom stereocenters. The molecule has 2 rings (SSSR count). The van der Waals surface area contributed by atoms with Crippen LogP contribution in [0.1, 0.15) is 51.9 Å². The van der Waals surface area contributed by atoms with Gasteiger partial charge < -0.3 is 9.64 Å². The lowest BCUT2D eigenvalue weighted by molar-refractivity contribution is -0.139. The van der Waals surface area contributed by atoms with E-state index in [0.29, 0.717) is 26.1 Å². The Morgan fingerprint density at radius 1 is 1.22 bits per heavy atom. The first-order valence-electron chi connectivity index (χ1n) is 8.80. The highest BCUT2D eigenvalue weighted by molar-refractivity contribution is 7.88. The average molecular weight is 346 g/mol. The van der Waals surface area contributed by atoms with Crippen LogP contribution in [0.3, 0.4) is 0 Å². The Morgan fingerprint density at radius 2 is 1.96 bits per heavy atom. The van der Waals surface area contributed by atoms with Crippen molar-refractivity contribution in [2.45, 2.75) is 64.0 Å². The molecule has 23 heavy (non-hydrogen) atoms. The van der Waals surface area contributed by atoms with E-state index >= 15 is 0 Å². The zero-order valence-electron chi connectivity index (χ0n) is 14.4. The Labute approximate surface area is 140 Å². The summed E-state index contributed by atoms with van der Waals surface area (Å²) in [6.07, 6.45) is 7.72. The second kappa shape index (κ2) is 8.44. The number of ether oxygens (including phenoxy) is 1. The van der Waals surface area contributed by atoms with Gasteiger partial charge in [-0.2, -0.15) is 4.31 Å². The smallest absolute Gasteiger partial charge is 0.241 e. The molecule has 0 radical (unpaired) electrons. The fraction of sp³-hybridized carbons (Fsp3) is 0.938. The first-order chi connectivity index (χ1) is 10.9. The van der Waals surface area contributed by atoms with Gasteiger partial charge in [0, 0.05) is 26.2 Å². The molecule has 134 valence electrons. The van der Waals surface area contributed by atoms with Crippen molar-refractivity contribution < 1.29 is 17.9 Å². The van der Waals surface area contributed by atoms with Crippen molar-refractivity contribution in [3.05, 3.63) is 0 Å². The van der Waals surface area contributed by atoms with Crippen molar-refractivity contribution in [1.82, 2.24) is 9.21 Å². The van der Waals surface area contributed by atoms with Gasteiger partial charge in [-0.1, -0.05) is 13.3 Å². The van der Waals surface area contributed by atoms with Crippen molar-refractivity contribution >= 4 is 15.9 Å². The molecule has 0 aromatic rings. The highest BCUT2D eigenvalue weighted by atomic mass is 32.2. The van der Waals surface area contributed by atoms with Crippen molar-refractivity contribution in [2.24, 2.45) is 0 Å². The van der Waals surface area contributed by atoms with E-state index in [4.69, 9.17) is 4.74 Å². The Bertz CT molecular complexity index is 488. The molecule has 2 aliphatic heterocycles. The topological polar surface area (TPSA) is 66.9 Å². The quantitative estimate of drug-likeness (QED) is 0.733. The lowest BCUT2D eigenvalue weighted by Crippen LogP contribution is -2.54. The first-order valence-corrected chi connectivity index (χ1v) is 10.7. The van der Waals surface area contributed by atoms with Crippen molar-refractivity contribution in [3.8, 4) is 0 Å². The summed E-state index contributed by atoms with van der Waals surface area (Å²) < 4.78 is 31.2. The van der Waals surface area contributed by atoms with E-state index in [2.05, 4.69) is 0 Å². The molecule has 2 heterocycles. The van der Waals surface area contributed by atoms with Gasteiger partial charge in [0.05, 0.1) is 12.4 Å². The Balaban J connectivity index is 2.08. The zero-order valence-corrected chi connectivity index (χ0v) is 15.2. The molecule has 1 amide bonds. The summed E-state index contributed by atoms with van der Waals surface area (Å²) >= 11 is 0. The van der Waals surface area contributed by atoms with Crippen LogP contribution in [0, 0.1) is 0 Å². The first kappa shape index (κ1) is 18.7. The van der Waals surface area contributed by atoms with Crippen LogP contribution < -0.4 is 0 Å². The molecule has 0 bridgehead atoms. The van der Waals surface area contributed by atoms with Crippen LogP contribution in [0.25, 0.3) is 0 Å². The van der Waals surface area contributed by atoms with Crippen LogP contribution in [-0.4, -0.2) is 68.2 Å². The molecule has 0 aromatic carbocycles. The standard InChI is InChI=1S/C16H30N2O4S/c1-3-10-17(13-14-8-5-7-12-22-14)16(19)15-9-4-6-11-18(15)23(2,20)21/h14-15H,3-13H2,1-2H3/t14-,15+/m0/s1. The van der Waals surface area contributed by atoms with Crippen LogP contribution in [0.2, 0.25) is 0 Å². The molecular weight excluding hydrogens is 316 g/mol. The summed E-state index contributed by atoms with van der Waals surface area (Å²) in [7, 11) is -3.35. The molecule has 0 saturated carbocycles. The minimum Gasteiger partial charge on any atom is -0.376 e. The van der Waals surface area contributed by atoms with Gasteiger partial charge >= 0.3 is 0 Å². The number of rotatable bonds is 6. The van der Waals surface area contributed by atoms with Crippen LogP contribution in [-0.2, 0) is 19.6 Å². The largest absolute Gasteiger partial charge is 0.376 e. The van der Waals surface area contributed by atoms with Gasteiger partial charge in [-0.05, 0) is 38.5 Å². The van der Waals surface area contributed by atoms with E-state index in [1.807, 2.05) is 11.8 Å². The second-order valence-electron chi connectivity index (χ2n) is 6.66.